The average molecular weight is 261 g/mol. The number of pyridine rings is 1. The van der Waals surface area contributed by atoms with Gasteiger partial charge in [-0.2, -0.15) is 15.5 Å². The summed E-state index contributed by atoms with van der Waals surface area (Å²) in [5, 5.41) is 21.1. The number of hydrogen-bond donors (Lipinski definition) is 1. The molecule has 0 unspecified atom stereocenters. The van der Waals surface area contributed by atoms with Gasteiger partial charge in [-0.1, -0.05) is 18.2 Å². The molecule has 1 aromatic carbocycles. The van der Waals surface area contributed by atoms with Crippen molar-refractivity contribution in [1.82, 2.24) is 15.2 Å². The SMILES string of the molecule is N#Cc1cc2ccccc2nc1NCc1cccnn1. The maximum absolute atomic E-state index is 9.22. The maximum Gasteiger partial charge on any atom is 0.144 e. The number of hydrogen-bond acceptors (Lipinski definition) is 5. The first kappa shape index (κ1) is 12.1. The van der Waals surface area contributed by atoms with Crippen LogP contribution in [-0.4, -0.2) is 15.2 Å². The molecule has 0 bridgehead atoms. The van der Waals surface area contributed by atoms with E-state index in [2.05, 4.69) is 26.6 Å². The Kier molecular flexibility index (Phi) is 3.21. The summed E-state index contributed by atoms with van der Waals surface area (Å²) in [6.07, 6.45) is 1.62. The van der Waals surface area contributed by atoms with Gasteiger partial charge in [-0.3, -0.25) is 0 Å². The molecule has 3 rings (SSSR count). The Bertz CT molecular complexity index is 777. The lowest BCUT2D eigenvalue weighted by Gasteiger charge is -2.08. The normalized spacial score (nSPS) is 10.2. The first-order chi connectivity index (χ1) is 9.86. The van der Waals surface area contributed by atoms with Crippen molar-refractivity contribution in [2.24, 2.45) is 0 Å². The van der Waals surface area contributed by atoms with Crippen LogP contribution >= 0.6 is 0 Å². The van der Waals surface area contributed by atoms with E-state index in [9.17, 15) is 5.26 Å². The molecule has 0 aliphatic carbocycles. The molecule has 2 aromatic heterocycles. The van der Waals surface area contributed by atoms with Crippen molar-refractivity contribution in [2.45, 2.75) is 6.54 Å². The Morgan fingerprint density at radius 3 is 2.85 bits per heavy atom. The molecule has 0 saturated carbocycles. The Hall–Kier alpha value is -3.00. The van der Waals surface area contributed by atoms with Gasteiger partial charge >= 0.3 is 0 Å². The van der Waals surface area contributed by atoms with Crippen molar-refractivity contribution in [3.8, 4) is 6.07 Å². The van der Waals surface area contributed by atoms with Crippen LogP contribution in [-0.2, 0) is 6.54 Å². The summed E-state index contributed by atoms with van der Waals surface area (Å²) in [7, 11) is 0. The summed E-state index contributed by atoms with van der Waals surface area (Å²) in [6, 6.07) is 15.4. The number of fused-ring (bicyclic) bond motifs is 1. The van der Waals surface area contributed by atoms with E-state index in [0.717, 1.165) is 16.6 Å². The number of aromatic nitrogens is 3. The van der Waals surface area contributed by atoms with Crippen LogP contribution in [0.15, 0.2) is 48.7 Å². The van der Waals surface area contributed by atoms with E-state index in [4.69, 9.17) is 0 Å². The van der Waals surface area contributed by atoms with Crippen molar-refractivity contribution in [2.75, 3.05) is 5.32 Å². The quantitative estimate of drug-likeness (QED) is 0.784. The number of nitrogens with zero attached hydrogens (tertiary/aromatic N) is 4. The van der Waals surface area contributed by atoms with Gasteiger partial charge in [0.15, 0.2) is 0 Å². The number of benzene rings is 1. The van der Waals surface area contributed by atoms with Crippen molar-refractivity contribution in [1.29, 1.82) is 5.26 Å². The molecule has 5 nitrogen and oxygen atoms in total. The predicted octanol–water partition coefficient (Wildman–Crippen LogP) is 2.51. The molecule has 3 aromatic rings. The molecule has 0 fully saturated rings. The molecule has 1 N–H and O–H groups in total. The van der Waals surface area contributed by atoms with Crippen LogP contribution in [0.5, 0.6) is 0 Å². The summed E-state index contributed by atoms with van der Waals surface area (Å²) in [6.45, 7) is 0.480. The van der Waals surface area contributed by atoms with Gasteiger partial charge in [-0.05, 0) is 24.3 Å². The fraction of sp³-hybridized carbons (Fsp3) is 0.0667. The van der Waals surface area contributed by atoms with Gasteiger partial charge in [0.05, 0.1) is 23.3 Å². The highest BCUT2D eigenvalue weighted by molar-refractivity contribution is 5.82. The molecule has 0 aliphatic heterocycles. The van der Waals surface area contributed by atoms with E-state index in [0.29, 0.717) is 17.9 Å². The minimum absolute atomic E-state index is 0.480. The van der Waals surface area contributed by atoms with E-state index in [1.807, 2.05) is 42.5 Å². The third kappa shape index (κ3) is 2.40. The first-order valence-corrected chi connectivity index (χ1v) is 6.17. The van der Waals surface area contributed by atoms with Crippen LogP contribution in [0.1, 0.15) is 11.3 Å². The second kappa shape index (κ2) is 5.33. The third-order valence-electron chi connectivity index (χ3n) is 2.91. The van der Waals surface area contributed by atoms with Gasteiger partial charge in [0.25, 0.3) is 0 Å². The van der Waals surface area contributed by atoms with Gasteiger partial charge in [-0.25, -0.2) is 4.98 Å². The standard InChI is InChI=1S/C15H11N5/c16-9-12-8-11-4-1-2-6-14(11)19-15(12)17-10-13-5-3-7-18-20-13/h1-8H,10H2,(H,17,19). The highest BCUT2D eigenvalue weighted by atomic mass is 15.1. The fourth-order valence-electron chi connectivity index (χ4n) is 1.94. The summed E-state index contributed by atoms with van der Waals surface area (Å²) < 4.78 is 0. The highest BCUT2D eigenvalue weighted by Gasteiger charge is 2.06. The average Bonchev–Trinajstić information content (AvgIpc) is 2.53. The predicted molar refractivity (Wildman–Crippen MR) is 75.8 cm³/mol. The van der Waals surface area contributed by atoms with Crippen molar-refractivity contribution >= 4 is 16.7 Å². The highest BCUT2D eigenvalue weighted by Crippen LogP contribution is 2.20. The second-order valence-electron chi connectivity index (χ2n) is 4.26. The molecule has 0 spiro atoms. The minimum atomic E-state index is 0.480. The largest absolute Gasteiger partial charge is 0.363 e. The van der Waals surface area contributed by atoms with Crippen LogP contribution in [0.25, 0.3) is 10.9 Å². The Balaban J connectivity index is 1.92. The van der Waals surface area contributed by atoms with E-state index in [1.165, 1.54) is 0 Å². The lowest BCUT2D eigenvalue weighted by molar-refractivity contribution is 0.921. The van der Waals surface area contributed by atoms with E-state index in [-0.39, 0.29) is 0 Å². The molecule has 20 heavy (non-hydrogen) atoms. The monoisotopic (exact) mass is 261 g/mol. The van der Waals surface area contributed by atoms with Crippen LogP contribution in [0.4, 0.5) is 5.82 Å². The van der Waals surface area contributed by atoms with Crippen molar-refractivity contribution < 1.29 is 0 Å². The zero-order chi connectivity index (χ0) is 13.8. The molecule has 5 heteroatoms. The van der Waals surface area contributed by atoms with Crippen LogP contribution in [0.2, 0.25) is 0 Å². The van der Waals surface area contributed by atoms with Crippen LogP contribution in [0.3, 0.4) is 0 Å². The number of para-hydroxylation sites is 1. The van der Waals surface area contributed by atoms with Gasteiger partial charge in [0.2, 0.25) is 0 Å². The van der Waals surface area contributed by atoms with Crippen LogP contribution in [0, 0.1) is 11.3 Å². The number of rotatable bonds is 3. The lowest BCUT2D eigenvalue weighted by Crippen LogP contribution is -2.05. The van der Waals surface area contributed by atoms with Gasteiger partial charge < -0.3 is 5.32 Å². The molecule has 96 valence electrons. The molecular weight excluding hydrogens is 250 g/mol. The molecule has 0 saturated heterocycles. The molecule has 0 aliphatic rings. The summed E-state index contributed by atoms with van der Waals surface area (Å²) in [5.41, 5.74) is 2.17. The minimum Gasteiger partial charge on any atom is -0.363 e. The van der Waals surface area contributed by atoms with E-state index in [1.54, 1.807) is 6.20 Å². The maximum atomic E-state index is 9.22. The molecule has 0 radical (unpaired) electrons. The number of anilines is 1. The van der Waals surface area contributed by atoms with Crippen LogP contribution < -0.4 is 5.32 Å². The molecule has 2 heterocycles. The van der Waals surface area contributed by atoms with E-state index < -0.39 is 0 Å². The molecular formula is C15H11N5. The van der Waals surface area contributed by atoms with Crippen molar-refractivity contribution in [3.63, 3.8) is 0 Å². The smallest absolute Gasteiger partial charge is 0.144 e. The Labute approximate surface area is 115 Å². The topological polar surface area (TPSA) is 74.5 Å². The third-order valence-corrected chi connectivity index (χ3v) is 2.91. The number of nitrogens with one attached hydrogen (secondary N) is 1. The first-order valence-electron chi connectivity index (χ1n) is 6.17. The zero-order valence-corrected chi connectivity index (χ0v) is 10.6. The van der Waals surface area contributed by atoms with Gasteiger partial charge in [-0.15, -0.1) is 0 Å². The number of nitriles is 1. The zero-order valence-electron chi connectivity index (χ0n) is 10.6. The fourth-order valence-corrected chi connectivity index (χ4v) is 1.94. The lowest BCUT2D eigenvalue weighted by atomic mass is 10.1. The van der Waals surface area contributed by atoms with Crippen molar-refractivity contribution in [3.05, 3.63) is 59.9 Å². The summed E-state index contributed by atoms with van der Waals surface area (Å²) in [5.74, 6) is 0.567. The van der Waals surface area contributed by atoms with E-state index >= 15 is 0 Å². The summed E-state index contributed by atoms with van der Waals surface area (Å²) in [4.78, 5) is 4.48. The molecule has 0 atom stereocenters. The van der Waals surface area contributed by atoms with Gasteiger partial charge in [0, 0.05) is 11.6 Å². The second-order valence-corrected chi connectivity index (χ2v) is 4.26. The Morgan fingerprint density at radius 2 is 2.05 bits per heavy atom. The van der Waals surface area contributed by atoms with Gasteiger partial charge in [0.1, 0.15) is 11.9 Å². The Morgan fingerprint density at radius 1 is 1.15 bits per heavy atom. The molecule has 0 amide bonds. The summed E-state index contributed by atoms with van der Waals surface area (Å²) >= 11 is 0.